The van der Waals surface area contributed by atoms with Gasteiger partial charge in [0.2, 0.25) is 0 Å². The lowest BCUT2D eigenvalue weighted by Gasteiger charge is -2.35. The molecule has 1 spiro atoms. The molecule has 2 aliphatic heterocycles. The number of rotatable bonds is 8. The molecule has 0 saturated heterocycles. The Bertz CT molecular complexity index is 1000. The van der Waals surface area contributed by atoms with Gasteiger partial charge in [0.1, 0.15) is 6.10 Å². The molecule has 2 heterocycles. The van der Waals surface area contributed by atoms with Crippen LogP contribution in [0.25, 0.3) is 0 Å². The van der Waals surface area contributed by atoms with Crippen LogP contribution in [0, 0.1) is 0 Å². The Balaban J connectivity index is 1.29. The summed E-state index contributed by atoms with van der Waals surface area (Å²) in [6, 6.07) is 13.1. The zero-order valence-electron chi connectivity index (χ0n) is 19.5. The van der Waals surface area contributed by atoms with Gasteiger partial charge in [-0.3, -0.25) is 4.90 Å². The molecular weight excluding hydrogens is 414 g/mol. The zero-order chi connectivity index (χ0) is 22.8. The molecule has 2 aromatic rings. The Kier molecular flexibility index (Phi) is 6.46. The quantitative estimate of drug-likeness (QED) is 0.601. The summed E-state index contributed by atoms with van der Waals surface area (Å²) in [5, 5.41) is 19.3. The van der Waals surface area contributed by atoms with Gasteiger partial charge in [-0.2, -0.15) is 0 Å². The smallest absolute Gasteiger partial charge is 0.166 e. The fourth-order valence-corrected chi connectivity index (χ4v) is 5.85. The second kappa shape index (κ2) is 9.49. The summed E-state index contributed by atoms with van der Waals surface area (Å²) in [5.41, 5.74) is 5.10. The van der Waals surface area contributed by atoms with Gasteiger partial charge >= 0.3 is 0 Å². The molecule has 0 radical (unpaired) electrons. The molecule has 0 amide bonds. The van der Waals surface area contributed by atoms with Crippen LogP contribution in [0.15, 0.2) is 48.6 Å². The van der Waals surface area contributed by atoms with Crippen LogP contribution in [0.3, 0.4) is 0 Å². The van der Waals surface area contributed by atoms with Gasteiger partial charge in [-0.25, -0.2) is 0 Å². The summed E-state index contributed by atoms with van der Waals surface area (Å²) >= 11 is 0. The Labute approximate surface area is 196 Å². The average Bonchev–Trinajstić information content (AvgIpc) is 3.07. The third-order valence-corrected chi connectivity index (χ3v) is 7.62. The molecule has 5 nitrogen and oxygen atoms in total. The van der Waals surface area contributed by atoms with Crippen molar-refractivity contribution in [3.63, 3.8) is 0 Å². The van der Waals surface area contributed by atoms with Crippen molar-refractivity contribution in [2.75, 3.05) is 26.8 Å². The standard InChI is InChI=1S/C28H35NO4/c1-32-24-11-10-22-19-29(15-2-4-20-6-8-21(9-7-20)5-3-17-30)16-14-28-13-12-23(31)18-25(28)33-27(24)26(22)28/h6-13,23,25,30-31H,2-5,14-19H2,1H3/t23-,25-,28-/m1/s1. The molecule has 2 aromatic carbocycles. The fourth-order valence-electron chi connectivity index (χ4n) is 5.85. The molecule has 33 heavy (non-hydrogen) atoms. The van der Waals surface area contributed by atoms with Crippen molar-refractivity contribution in [3.05, 3.63) is 70.8 Å². The van der Waals surface area contributed by atoms with E-state index in [1.165, 1.54) is 22.3 Å². The number of nitrogens with zero attached hydrogens (tertiary/aromatic N) is 1. The van der Waals surface area contributed by atoms with Crippen LogP contribution in [0.1, 0.15) is 47.9 Å². The largest absolute Gasteiger partial charge is 0.493 e. The minimum atomic E-state index is -0.446. The van der Waals surface area contributed by atoms with Gasteiger partial charge in [0.05, 0.1) is 18.6 Å². The van der Waals surface area contributed by atoms with Gasteiger partial charge in [0.25, 0.3) is 0 Å². The van der Waals surface area contributed by atoms with E-state index < -0.39 is 6.10 Å². The molecule has 0 aromatic heterocycles. The van der Waals surface area contributed by atoms with Crippen molar-refractivity contribution in [3.8, 4) is 11.5 Å². The van der Waals surface area contributed by atoms with E-state index in [2.05, 4.69) is 41.3 Å². The van der Waals surface area contributed by atoms with Gasteiger partial charge in [0.15, 0.2) is 11.5 Å². The lowest BCUT2D eigenvalue weighted by molar-refractivity contribution is 0.0809. The van der Waals surface area contributed by atoms with Crippen molar-refractivity contribution in [1.29, 1.82) is 0 Å². The summed E-state index contributed by atoms with van der Waals surface area (Å²) in [7, 11) is 1.70. The van der Waals surface area contributed by atoms with Crippen LogP contribution in [0.4, 0.5) is 0 Å². The van der Waals surface area contributed by atoms with Crippen LogP contribution < -0.4 is 9.47 Å². The highest BCUT2D eigenvalue weighted by molar-refractivity contribution is 5.61. The van der Waals surface area contributed by atoms with Crippen LogP contribution in [0.5, 0.6) is 11.5 Å². The number of benzene rings is 2. The lowest BCUT2D eigenvalue weighted by Crippen LogP contribution is -2.43. The second-order valence-corrected chi connectivity index (χ2v) is 9.71. The molecule has 1 aliphatic carbocycles. The molecule has 0 unspecified atom stereocenters. The van der Waals surface area contributed by atoms with Crippen molar-refractivity contribution in [2.24, 2.45) is 0 Å². The minimum Gasteiger partial charge on any atom is -0.493 e. The maximum atomic E-state index is 10.2. The molecular formula is C28H35NO4. The van der Waals surface area contributed by atoms with Gasteiger partial charge < -0.3 is 19.7 Å². The Morgan fingerprint density at radius 2 is 1.85 bits per heavy atom. The first-order chi connectivity index (χ1) is 16.1. The van der Waals surface area contributed by atoms with E-state index in [9.17, 15) is 5.11 Å². The third-order valence-electron chi connectivity index (χ3n) is 7.62. The molecule has 0 fully saturated rings. The van der Waals surface area contributed by atoms with E-state index in [0.29, 0.717) is 6.42 Å². The summed E-state index contributed by atoms with van der Waals surface area (Å²) in [6.45, 7) is 3.23. The topological polar surface area (TPSA) is 62.2 Å². The average molecular weight is 450 g/mol. The number of hydrogen-bond donors (Lipinski definition) is 2. The predicted molar refractivity (Wildman–Crippen MR) is 129 cm³/mol. The Morgan fingerprint density at radius 1 is 1.09 bits per heavy atom. The molecule has 5 heteroatoms. The summed E-state index contributed by atoms with van der Waals surface area (Å²) in [4.78, 5) is 2.57. The molecule has 3 atom stereocenters. The van der Waals surface area contributed by atoms with E-state index >= 15 is 0 Å². The highest BCUT2D eigenvalue weighted by Gasteiger charge is 2.52. The van der Waals surface area contributed by atoms with Crippen LogP contribution in [0.2, 0.25) is 0 Å². The van der Waals surface area contributed by atoms with Crippen molar-refractivity contribution in [1.82, 2.24) is 4.90 Å². The summed E-state index contributed by atoms with van der Waals surface area (Å²) in [6.07, 6.45) is 9.26. The monoisotopic (exact) mass is 449 g/mol. The molecule has 0 saturated carbocycles. The SMILES string of the molecule is COc1ccc2c3c1O[C@@H]1C[C@H](O)C=C[C@]31CCN(CCCc1ccc(CCCO)cc1)C2. The molecule has 3 aliphatic rings. The van der Waals surface area contributed by atoms with E-state index in [1.807, 2.05) is 12.1 Å². The van der Waals surface area contributed by atoms with E-state index in [-0.39, 0.29) is 18.1 Å². The van der Waals surface area contributed by atoms with Gasteiger partial charge in [-0.05, 0) is 68.0 Å². The molecule has 176 valence electrons. The number of aliphatic hydroxyl groups excluding tert-OH is 2. The van der Waals surface area contributed by atoms with Gasteiger partial charge in [0, 0.05) is 25.1 Å². The molecule has 5 rings (SSSR count). The maximum absolute atomic E-state index is 10.2. The van der Waals surface area contributed by atoms with Gasteiger partial charge in [-0.1, -0.05) is 42.5 Å². The van der Waals surface area contributed by atoms with Crippen LogP contribution in [-0.4, -0.2) is 54.1 Å². The van der Waals surface area contributed by atoms with Crippen molar-refractivity contribution >= 4 is 0 Å². The first-order valence-electron chi connectivity index (χ1n) is 12.3. The maximum Gasteiger partial charge on any atom is 0.166 e. The highest BCUT2D eigenvalue weighted by atomic mass is 16.5. The zero-order valence-corrected chi connectivity index (χ0v) is 19.5. The van der Waals surface area contributed by atoms with Crippen molar-refractivity contribution in [2.45, 2.75) is 62.7 Å². The molecule has 2 N–H and O–H groups in total. The minimum absolute atomic E-state index is 0.0353. The predicted octanol–water partition coefficient (Wildman–Crippen LogP) is 3.78. The summed E-state index contributed by atoms with van der Waals surface area (Å²) < 4.78 is 12.0. The first-order valence-corrected chi connectivity index (χ1v) is 12.3. The first kappa shape index (κ1) is 22.5. The van der Waals surface area contributed by atoms with Crippen molar-refractivity contribution < 1.29 is 19.7 Å². The van der Waals surface area contributed by atoms with E-state index in [1.54, 1.807) is 7.11 Å². The number of methoxy groups -OCH3 is 1. The Morgan fingerprint density at radius 3 is 2.58 bits per heavy atom. The van der Waals surface area contributed by atoms with E-state index in [0.717, 1.165) is 63.2 Å². The highest BCUT2D eigenvalue weighted by Crippen LogP contribution is 2.55. The number of ether oxygens (including phenoxy) is 2. The third kappa shape index (κ3) is 4.30. The normalized spacial score (nSPS) is 25.8. The van der Waals surface area contributed by atoms with E-state index in [4.69, 9.17) is 14.6 Å². The summed E-state index contributed by atoms with van der Waals surface area (Å²) in [5.74, 6) is 1.67. The fraction of sp³-hybridized carbons (Fsp3) is 0.500. The number of hydrogen-bond acceptors (Lipinski definition) is 5. The number of aryl methyl sites for hydroxylation is 2. The van der Waals surface area contributed by atoms with Crippen LogP contribution >= 0.6 is 0 Å². The molecule has 0 bridgehead atoms. The number of aliphatic hydroxyl groups is 2. The second-order valence-electron chi connectivity index (χ2n) is 9.71. The van der Waals surface area contributed by atoms with Crippen LogP contribution in [-0.2, 0) is 24.8 Å². The van der Waals surface area contributed by atoms with Gasteiger partial charge in [-0.15, -0.1) is 0 Å². The Hall–Kier alpha value is -2.34. The lowest BCUT2D eigenvalue weighted by atomic mass is 9.69.